The number of carbonyl (C=O) groups is 1. The number of carbonyl (C=O) groups excluding carboxylic acids is 1. The molecule has 0 amide bonds. The molecule has 0 spiro atoms. The summed E-state index contributed by atoms with van der Waals surface area (Å²) < 4.78 is 5.65. The first-order valence-corrected chi connectivity index (χ1v) is 4.62. The Morgan fingerprint density at radius 3 is 2.76 bits per heavy atom. The maximum absolute atomic E-state index is 11.3. The van der Waals surface area contributed by atoms with Gasteiger partial charge in [0.05, 0.1) is 20.0 Å². The van der Waals surface area contributed by atoms with Crippen molar-refractivity contribution in [3.8, 4) is 12.1 Å². The monoisotopic (exact) mass is 234 g/mol. The Morgan fingerprint density at radius 2 is 2.29 bits per heavy atom. The molecular formula is C10H10N4O3. The van der Waals surface area contributed by atoms with Crippen molar-refractivity contribution in [2.24, 2.45) is 0 Å². The van der Waals surface area contributed by atoms with E-state index >= 15 is 0 Å². The van der Waals surface area contributed by atoms with Gasteiger partial charge in [-0.05, 0) is 6.92 Å². The largest absolute Gasteiger partial charge is 0.467 e. The van der Waals surface area contributed by atoms with E-state index < -0.39 is 11.6 Å². The zero-order chi connectivity index (χ0) is 13.1. The van der Waals surface area contributed by atoms with Crippen LogP contribution in [0.4, 0.5) is 0 Å². The molecule has 1 N–H and O–H groups in total. The summed E-state index contributed by atoms with van der Waals surface area (Å²) in [6.07, 6.45) is 1.22. The summed E-state index contributed by atoms with van der Waals surface area (Å²) in [5.74, 6) is -0.825. The molecule has 0 saturated carbocycles. The van der Waals surface area contributed by atoms with Gasteiger partial charge in [-0.15, -0.1) is 0 Å². The Bertz CT molecular complexity index is 519. The van der Waals surface area contributed by atoms with Gasteiger partial charge in [0, 0.05) is 0 Å². The highest BCUT2D eigenvalue weighted by molar-refractivity contribution is 5.78. The summed E-state index contributed by atoms with van der Waals surface area (Å²) in [6, 6.07) is 3.53. The smallest absolute Gasteiger partial charge is 0.339 e. The number of ether oxygens (including phenoxy) is 1. The number of aromatic nitrogens is 2. The second kappa shape index (κ2) is 4.64. The molecule has 7 nitrogen and oxygen atoms in total. The van der Waals surface area contributed by atoms with Crippen molar-refractivity contribution in [2.45, 2.75) is 19.1 Å². The third-order valence-electron chi connectivity index (χ3n) is 2.15. The van der Waals surface area contributed by atoms with Crippen LogP contribution in [0.3, 0.4) is 0 Å². The van der Waals surface area contributed by atoms with Crippen molar-refractivity contribution >= 4 is 5.97 Å². The first-order chi connectivity index (χ1) is 7.96. The lowest BCUT2D eigenvalue weighted by Gasteiger charge is -2.20. The molecule has 1 heterocycles. The molecule has 7 heteroatoms. The molecule has 17 heavy (non-hydrogen) atoms. The fraction of sp³-hybridized carbons (Fsp3) is 0.400. The van der Waals surface area contributed by atoms with Gasteiger partial charge in [-0.2, -0.15) is 10.5 Å². The van der Waals surface area contributed by atoms with Crippen molar-refractivity contribution in [2.75, 3.05) is 7.11 Å². The van der Waals surface area contributed by atoms with Gasteiger partial charge in [0.15, 0.2) is 17.0 Å². The fourth-order valence-electron chi connectivity index (χ4n) is 1.32. The summed E-state index contributed by atoms with van der Waals surface area (Å²) >= 11 is 0. The van der Waals surface area contributed by atoms with Crippen molar-refractivity contribution in [3.05, 3.63) is 17.7 Å². The molecule has 1 unspecified atom stereocenters. The third-order valence-corrected chi connectivity index (χ3v) is 2.15. The second-order valence-electron chi connectivity index (χ2n) is 3.56. The van der Waals surface area contributed by atoms with Crippen LogP contribution in [-0.4, -0.2) is 33.3 Å². The highest BCUT2D eigenvalue weighted by Crippen LogP contribution is 2.13. The van der Waals surface area contributed by atoms with E-state index in [1.54, 1.807) is 12.1 Å². The average Bonchev–Trinajstić information content (AvgIpc) is 2.68. The van der Waals surface area contributed by atoms with Crippen molar-refractivity contribution in [1.82, 2.24) is 9.55 Å². The molecule has 1 aromatic heterocycles. The van der Waals surface area contributed by atoms with E-state index in [-0.39, 0.29) is 17.9 Å². The van der Waals surface area contributed by atoms with Gasteiger partial charge in [-0.25, -0.2) is 9.78 Å². The zero-order valence-electron chi connectivity index (χ0n) is 9.34. The molecule has 1 rings (SSSR count). The van der Waals surface area contributed by atoms with E-state index in [1.807, 2.05) is 0 Å². The van der Waals surface area contributed by atoms with Gasteiger partial charge in [0.2, 0.25) is 0 Å². The quantitative estimate of drug-likeness (QED) is 0.709. The lowest BCUT2D eigenvalue weighted by molar-refractivity contribution is -0.161. The molecule has 0 aliphatic heterocycles. The van der Waals surface area contributed by atoms with E-state index in [9.17, 15) is 9.90 Å². The maximum Gasteiger partial charge on any atom is 0.339 e. The molecule has 0 fully saturated rings. The average molecular weight is 234 g/mol. The van der Waals surface area contributed by atoms with Gasteiger partial charge >= 0.3 is 5.97 Å². The maximum atomic E-state index is 11.3. The number of nitrogens with zero attached hydrogens (tertiary/aromatic N) is 4. The van der Waals surface area contributed by atoms with Gasteiger partial charge in [-0.1, -0.05) is 0 Å². The first kappa shape index (κ1) is 12.7. The van der Waals surface area contributed by atoms with Crippen LogP contribution < -0.4 is 0 Å². The Morgan fingerprint density at radius 1 is 1.65 bits per heavy atom. The number of aliphatic hydroxyl groups is 1. The minimum atomic E-state index is -1.78. The zero-order valence-corrected chi connectivity index (χ0v) is 9.34. The highest BCUT2D eigenvalue weighted by Gasteiger charge is 2.33. The molecular weight excluding hydrogens is 224 g/mol. The first-order valence-electron chi connectivity index (χ1n) is 4.62. The van der Waals surface area contributed by atoms with E-state index in [1.165, 1.54) is 17.8 Å². The van der Waals surface area contributed by atoms with Crippen LogP contribution in [0.5, 0.6) is 0 Å². The molecule has 0 aromatic carbocycles. The van der Waals surface area contributed by atoms with Gasteiger partial charge in [-0.3, -0.25) is 0 Å². The molecule has 1 atom stereocenters. The standard InChI is InChI=1S/C10H10N4O3/c1-10(16,9(15)17-2)5-14-6-13-7(3-11)8(14)4-12/h6,16H,5H2,1-2H3. The minimum absolute atomic E-state index is 0.00308. The molecule has 0 radical (unpaired) electrons. The number of imidazole rings is 1. The van der Waals surface area contributed by atoms with Crippen molar-refractivity contribution in [1.29, 1.82) is 10.5 Å². The van der Waals surface area contributed by atoms with Crippen LogP contribution in [0.25, 0.3) is 0 Å². The van der Waals surface area contributed by atoms with E-state index in [4.69, 9.17) is 10.5 Å². The fourth-order valence-corrected chi connectivity index (χ4v) is 1.32. The molecule has 0 saturated heterocycles. The molecule has 1 aromatic rings. The van der Waals surface area contributed by atoms with Crippen LogP contribution in [-0.2, 0) is 16.1 Å². The Kier molecular flexibility index (Phi) is 3.46. The SMILES string of the molecule is COC(=O)C(C)(O)Cn1cnc(C#N)c1C#N. The van der Waals surface area contributed by atoms with Crippen LogP contribution in [0.1, 0.15) is 18.3 Å². The number of esters is 1. The highest BCUT2D eigenvalue weighted by atomic mass is 16.5. The molecule has 0 bridgehead atoms. The lowest BCUT2D eigenvalue weighted by atomic mass is 10.1. The normalized spacial score (nSPS) is 13.2. The molecule has 88 valence electrons. The minimum Gasteiger partial charge on any atom is -0.467 e. The third kappa shape index (κ3) is 2.41. The van der Waals surface area contributed by atoms with Crippen LogP contribution in [0.2, 0.25) is 0 Å². The van der Waals surface area contributed by atoms with E-state index in [0.29, 0.717) is 0 Å². The van der Waals surface area contributed by atoms with E-state index in [0.717, 1.165) is 7.11 Å². The topological polar surface area (TPSA) is 112 Å². The summed E-state index contributed by atoms with van der Waals surface area (Å²) in [5, 5.41) is 27.4. The second-order valence-corrected chi connectivity index (χ2v) is 3.56. The Hall–Kier alpha value is -2.38. The lowest BCUT2D eigenvalue weighted by Crippen LogP contribution is -2.40. The predicted molar refractivity (Wildman–Crippen MR) is 54.3 cm³/mol. The predicted octanol–water partition coefficient (Wildman–Crippen LogP) is -0.450. The van der Waals surface area contributed by atoms with Crippen LogP contribution >= 0.6 is 0 Å². The van der Waals surface area contributed by atoms with Gasteiger partial charge in [0.1, 0.15) is 12.1 Å². The van der Waals surface area contributed by atoms with E-state index in [2.05, 4.69) is 9.72 Å². The number of hydrogen-bond acceptors (Lipinski definition) is 6. The van der Waals surface area contributed by atoms with Crippen molar-refractivity contribution < 1.29 is 14.6 Å². The number of rotatable bonds is 3. The molecule has 0 aliphatic carbocycles. The van der Waals surface area contributed by atoms with Gasteiger partial charge < -0.3 is 14.4 Å². The Labute approximate surface area is 97.5 Å². The summed E-state index contributed by atoms with van der Waals surface area (Å²) in [5.41, 5.74) is -1.84. The Balaban J connectivity index is 3.06. The van der Waals surface area contributed by atoms with Crippen LogP contribution in [0, 0.1) is 22.7 Å². The molecule has 0 aliphatic rings. The summed E-state index contributed by atoms with van der Waals surface area (Å²) in [4.78, 5) is 15.0. The summed E-state index contributed by atoms with van der Waals surface area (Å²) in [6.45, 7) is 1.04. The van der Waals surface area contributed by atoms with Crippen LogP contribution in [0.15, 0.2) is 6.33 Å². The number of methoxy groups -OCH3 is 1. The van der Waals surface area contributed by atoms with Gasteiger partial charge in [0.25, 0.3) is 0 Å². The van der Waals surface area contributed by atoms with Crippen molar-refractivity contribution in [3.63, 3.8) is 0 Å². The number of nitriles is 2. The summed E-state index contributed by atoms with van der Waals surface area (Å²) in [7, 11) is 1.15. The number of hydrogen-bond donors (Lipinski definition) is 1.